The van der Waals surface area contributed by atoms with Crippen LogP contribution in [0.4, 0.5) is 27.9 Å². The molecular formula is C37H37N11O3. The number of amides is 4. The minimum absolute atomic E-state index is 0.190. The van der Waals surface area contributed by atoms with Crippen molar-refractivity contribution >= 4 is 41.0 Å². The molecule has 2 aromatic carbocycles. The standard InChI is InChI=1S/C37H37N11O3/c1-25-4-9-29(21-32(25)42-36-39-15-12-31(41-36)28-3-2-14-38-22-28)40-35(50)27-7-5-26(6-8-27)23-46-17-19-47(20-18-46)24-30-10-11-33(45-44-30)48-16-13-34(49)43-37(48)51/h2-12,14-15,21-22H,13,16-20,23-24H2,1H3,(H,40,50)(H,39,41,42)(H,43,49,51). The Hall–Kier alpha value is -6.12. The third-order valence-corrected chi connectivity index (χ3v) is 8.86. The zero-order valence-electron chi connectivity index (χ0n) is 28.1. The van der Waals surface area contributed by atoms with Crippen molar-refractivity contribution in [2.75, 3.05) is 48.3 Å². The van der Waals surface area contributed by atoms with Crippen LogP contribution in [-0.2, 0) is 17.9 Å². The number of hydrogen-bond donors (Lipinski definition) is 3. The van der Waals surface area contributed by atoms with Crippen LogP contribution in [0, 0.1) is 6.92 Å². The summed E-state index contributed by atoms with van der Waals surface area (Å²) in [5.74, 6) is 0.416. The second-order valence-corrected chi connectivity index (χ2v) is 12.5. The molecule has 2 fully saturated rings. The van der Waals surface area contributed by atoms with Crippen molar-refractivity contribution in [3.05, 3.63) is 114 Å². The Kier molecular flexibility index (Phi) is 9.94. The first-order chi connectivity index (χ1) is 24.9. The number of urea groups is 1. The molecule has 5 heterocycles. The molecule has 2 aliphatic heterocycles. The van der Waals surface area contributed by atoms with Crippen molar-refractivity contribution in [3.8, 4) is 11.3 Å². The van der Waals surface area contributed by atoms with Gasteiger partial charge in [-0.25, -0.2) is 14.8 Å². The highest BCUT2D eigenvalue weighted by molar-refractivity contribution is 6.05. The molecule has 2 aliphatic rings. The first-order valence-electron chi connectivity index (χ1n) is 16.8. The molecule has 0 bridgehead atoms. The molecule has 51 heavy (non-hydrogen) atoms. The van der Waals surface area contributed by atoms with Crippen molar-refractivity contribution in [3.63, 3.8) is 0 Å². The fourth-order valence-electron chi connectivity index (χ4n) is 5.97. The number of aromatic nitrogens is 5. The first-order valence-corrected chi connectivity index (χ1v) is 16.8. The van der Waals surface area contributed by atoms with Crippen molar-refractivity contribution in [2.24, 2.45) is 0 Å². The average Bonchev–Trinajstić information content (AvgIpc) is 3.15. The van der Waals surface area contributed by atoms with E-state index in [1.54, 1.807) is 24.7 Å². The van der Waals surface area contributed by atoms with Gasteiger partial charge in [0.15, 0.2) is 5.82 Å². The Balaban J connectivity index is 0.884. The molecule has 258 valence electrons. The Labute approximate surface area is 295 Å². The van der Waals surface area contributed by atoms with Crippen LogP contribution in [0.3, 0.4) is 0 Å². The molecule has 2 saturated heterocycles. The van der Waals surface area contributed by atoms with Crippen LogP contribution in [0.1, 0.15) is 33.6 Å². The summed E-state index contributed by atoms with van der Waals surface area (Å²) in [4.78, 5) is 56.0. The minimum Gasteiger partial charge on any atom is -0.324 e. The Morgan fingerprint density at radius 1 is 0.863 bits per heavy atom. The third kappa shape index (κ3) is 8.37. The van der Waals surface area contributed by atoms with Crippen LogP contribution in [0.25, 0.3) is 11.3 Å². The number of piperazine rings is 1. The second kappa shape index (κ2) is 15.2. The van der Waals surface area contributed by atoms with E-state index in [1.165, 1.54) is 4.90 Å². The number of imide groups is 1. The van der Waals surface area contributed by atoms with E-state index in [0.717, 1.165) is 66.5 Å². The maximum absolute atomic E-state index is 13.2. The molecule has 5 aromatic rings. The van der Waals surface area contributed by atoms with Gasteiger partial charge in [0.2, 0.25) is 11.9 Å². The summed E-state index contributed by atoms with van der Waals surface area (Å²) in [6, 6.07) is 22.3. The second-order valence-electron chi connectivity index (χ2n) is 12.5. The molecule has 0 unspecified atom stereocenters. The maximum atomic E-state index is 13.2. The van der Waals surface area contributed by atoms with Gasteiger partial charge in [-0.05, 0) is 72.6 Å². The van der Waals surface area contributed by atoms with E-state index in [1.807, 2.05) is 73.7 Å². The highest BCUT2D eigenvalue weighted by Crippen LogP contribution is 2.25. The number of anilines is 4. The number of rotatable bonds is 10. The number of nitrogens with zero attached hydrogens (tertiary/aromatic N) is 8. The Morgan fingerprint density at radius 2 is 1.67 bits per heavy atom. The molecule has 0 aliphatic carbocycles. The zero-order chi connectivity index (χ0) is 35.2. The topological polar surface area (TPSA) is 161 Å². The largest absolute Gasteiger partial charge is 0.329 e. The summed E-state index contributed by atoms with van der Waals surface area (Å²) in [6.07, 6.45) is 5.43. The van der Waals surface area contributed by atoms with Gasteiger partial charge < -0.3 is 10.6 Å². The van der Waals surface area contributed by atoms with Gasteiger partial charge in [0, 0.05) is 93.3 Å². The summed E-state index contributed by atoms with van der Waals surface area (Å²) < 4.78 is 0. The quantitative estimate of drug-likeness (QED) is 0.191. The fraction of sp³-hybridized carbons (Fsp3) is 0.243. The van der Waals surface area contributed by atoms with Gasteiger partial charge in [-0.2, -0.15) is 5.10 Å². The number of hydrogen-bond acceptors (Lipinski definition) is 11. The SMILES string of the molecule is Cc1ccc(NC(=O)c2ccc(CN3CCN(Cc4ccc(N5CCC(=O)NC5=O)nn4)CC3)cc2)cc1Nc1nccc(-c2cccnc2)n1. The predicted octanol–water partition coefficient (Wildman–Crippen LogP) is 4.40. The zero-order valence-corrected chi connectivity index (χ0v) is 28.1. The van der Waals surface area contributed by atoms with Gasteiger partial charge in [-0.15, -0.1) is 5.10 Å². The molecule has 0 radical (unpaired) electrons. The monoisotopic (exact) mass is 683 g/mol. The lowest BCUT2D eigenvalue weighted by atomic mass is 10.1. The highest BCUT2D eigenvalue weighted by Gasteiger charge is 2.25. The maximum Gasteiger partial charge on any atom is 0.329 e. The molecule has 3 N–H and O–H groups in total. The Morgan fingerprint density at radius 3 is 2.39 bits per heavy atom. The van der Waals surface area contributed by atoms with Crippen LogP contribution in [0.2, 0.25) is 0 Å². The summed E-state index contributed by atoms with van der Waals surface area (Å²) >= 11 is 0. The normalized spacial score (nSPS) is 15.4. The molecule has 0 saturated carbocycles. The summed E-state index contributed by atoms with van der Waals surface area (Å²) in [7, 11) is 0. The van der Waals surface area contributed by atoms with E-state index >= 15 is 0 Å². The molecule has 3 aromatic heterocycles. The van der Waals surface area contributed by atoms with E-state index < -0.39 is 6.03 Å². The Bertz CT molecular complexity index is 2020. The number of nitrogens with one attached hydrogen (secondary N) is 3. The van der Waals surface area contributed by atoms with Crippen molar-refractivity contribution in [1.82, 2.24) is 40.3 Å². The number of carbonyl (C=O) groups is 3. The number of carbonyl (C=O) groups excluding carboxylic acids is 3. The van der Waals surface area contributed by atoms with Gasteiger partial charge in [-0.1, -0.05) is 18.2 Å². The molecule has 0 spiro atoms. The average molecular weight is 684 g/mol. The summed E-state index contributed by atoms with van der Waals surface area (Å²) in [6.45, 7) is 7.31. The van der Waals surface area contributed by atoms with Gasteiger partial charge in [-0.3, -0.25) is 34.6 Å². The first kappa shape index (κ1) is 33.4. The lowest BCUT2D eigenvalue weighted by molar-refractivity contribution is -0.120. The molecule has 0 atom stereocenters. The van der Waals surface area contributed by atoms with E-state index in [9.17, 15) is 14.4 Å². The minimum atomic E-state index is -0.469. The van der Waals surface area contributed by atoms with Crippen LogP contribution in [0.5, 0.6) is 0 Å². The van der Waals surface area contributed by atoms with E-state index in [4.69, 9.17) is 0 Å². The van der Waals surface area contributed by atoms with Crippen LogP contribution in [-0.4, -0.2) is 85.5 Å². The molecule has 4 amide bonds. The van der Waals surface area contributed by atoms with Crippen LogP contribution < -0.4 is 20.9 Å². The summed E-state index contributed by atoms with van der Waals surface area (Å²) in [5.41, 5.74) is 6.64. The van der Waals surface area contributed by atoms with Crippen LogP contribution >= 0.6 is 0 Å². The fourth-order valence-corrected chi connectivity index (χ4v) is 5.97. The van der Waals surface area contributed by atoms with E-state index in [-0.39, 0.29) is 18.2 Å². The van der Waals surface area contributed by atoms with Crippen molar-refractivity contribution in [1.29, 1.82) is 0 Å². The number of aryl methyl sites for hydroxylation is 1. The van der Waals surface area contributed by atoms with E-state index in [0.29, 0.717) is 36.1 Å². The molecule has 14 heteroatoms. The lowest BCUT2D eigenvalue weighted by Crippen LogP contribution is -2.50. The smallest absolute Gasteiger partial charge is 0.324 e. The predicted molar refractivity (Wildman–Crippen MR) is 192 cm³/mol. The number of benzene rings is 2. The molecular weight excluding hydrogens is 646 g/mol. The van der Waals surface area contributed by atoms with Gasteiger partial charge in [0.25, 0.3) is 5.91 Å². The molecule has 14 nitrogen and oxygen atoms in total. The summed E-state index contributed by atoms with van der Waals surface area (Å²) in [5, 5.41) is 17.1. The number of pyridine rings is 1. The van der Waals surface area contributed by atoms with E-state index in [2.05, 4.69) is 50.9 Å². The van der Waals surface area contributed by atoms with Crippen molar-refractivity contribution in [2.45, 2.75) is 26.4 Å². The van der Waals surface area contributed by atoms with Crippen LogP contribution in [0.15, 0.2) is 91.4 Å². The highest BCUT2D eigenvalue weighted by atomic mass is 16.2. The van der Waals surface area contributed by atoms with Gasteiger partial charge in [0.05, 0.1) is 11.4 Å². The van der Waals surface area contributed by atoms with Gasteiger partial charge >= 0.3 is 6.03 Å². The third-order valence-electron chi connectivity index (χ3n) is 8.86. The van der Waals surface area contributed by atoms with Gasteiger partial charge in [0.1, 0.15) is 0 Å². The lowest BCUT2D eigenvalue weighted by Gasteiger charge is -2.34. The molecule has 7 rings (SSSR count). The van der Waals surface area contributed by atoms with Crippen molar-refractivity contribution < 1.29 is 14.4 Å².